The van der Waals surface area contributed by atoms with E-state index in [0.29, 0.717) is 25.1 Å². The predicted octanol–water partition coefficient (Wildman–Crippen LogP) is 3.73. The molecule has 9 nitrogen and oxygen atoms in total. The number of benzene rings is 1. The van der Waals surface area contributed by atoms with E-state index in [-0.39, 0.29) is 6.04 Å². The molecule has 2 aliphatic heterocycles. The van der Waals surface area contributed by atoms with Gasteiger partial charge in [-0.25, -0.2) is 14.6 Å². The number of nitrogens with one attached hydrogen (secondary N) is 1. The topological polar surface area (TPSA) is 112 Å². The molecule has 0 aliphatic carbocycles. The predicted molar refractivity (Wildman–Crippen MR) is 134 cm³/mol. The van der Waals surface area contributed by atoms with Gasteiger partial charge in [-0.05, 0) is 70.3 Å². The molecule has 2 fully saturated rings. The third-order valence-corrected chi connectivity index (χ3v) is 7.54. The van der Waals surface area contributed by atoms with Crippen LogP contribution in [0.1, 0.15) is 43.9 Å². The third kappa shape index (κ3) is 4.59. The minimum absolute atomic E-state index is 0.0935. The van der Waals surface area contributed by atoms with Crippen molar-refractivity contribution in [1.29, 1.82) is 5.26 Å². The van der Waals surface area contributed by atoms with E-state index < -0.39 is 11.6 Å². The van der Waals surface area contributed by atoms with Gasteiger partial charge in [-0.1, -0.05) is 11.6 Å². The van der Waals surface area contributed by atoms with Crippen molar-refractivity contribution in [1.82, 2.24) is 24.6 Å². The Morgan fingerprint density at radius 3 is 2.69 bits per heavy atom. The van der Waals surface area contributed by atoms with Crippen molar-refractivity contribution >= 4 is 34.1 Å². The number of likely N-dealkylation sites (tertiary alicyclic amines) is 1. The van der Waals surface area contributed by atoms with Gasteiger partial charge in [0.2, 0.25) is 5.95 Å². The lowest BCUT2D eigenvalue weighted by atomic mass is 9.88. The Labute approximate surface area is 209 Å². The van der Waals surface area contributed by atoms with Crippen molar-refractivity contribution in [2.45, 2.75) is 57.2 Å². The summed E-state index contributed by atoms with van der Waals surface area (Å²) in [6.45, 7) is 8.39. The van der Waals surface area contributed by atoms with E-state index in [1.54, 1.807) is 17.1 Å². The zero-order valence-electron chi connectivity index (χ0n) is 20.2. The van der Waals surface area contributed by atoms with E-state index in [4.69, 9.17) is 21.3 Å². The number of ether oxygens (including phenoxy) is 1. The van der Waals surface area contributed by atoms with Crippen LogP contribution < -0.4 is 5.32 Å². The van der Waals surface area contributed by atoms with Gasteiger partial charge in [0.25, 0.3) is 0 Å². The van der Waals surface area contributed by atoms with E-state index in [2.05, 4.69) is 32.4 Å². The Kier molecular flexibility index (Phi) is 6.40. The highest BCUT2D eigenvalue weighted by Crippen LogP contribution is 2.36. The van der Waals surface area contributed by atoms with Crippen LogP contribution in [0.5, 0.6) is 0 Å². The molecule has 0 spiro atoms. The number of aromatic nitrogens is 4. The minimum atomic E-state index is -0.752. The zero-order valence-corrected chi connectivity index (χ0v) is 21.0. The monoisotopic (exact) mass is 495 g/mol. The summed E-state index contributed by atoms with van der Waals surface area (Å²) in [5, 5.41) is 28.8. The molecule has 0 saturated carbocycles. The smallest absolute Gasteiger partial charge is 0.227 e. The van der Waals surface area contributed by atoms with Crippen LogP contribution in [0, 0.1) is 18.3 Å². The molecule has 2 saturated heterocycles. The molecule has 0 bridgehead atoms. The summed E-state index contributed by atoms with van der Waals surface area (Å²) in [4.78, 5) is 11.5. The molecule has 5 rings (SSSR count). The van der Waals surface area contributed by atoms with Crippen molar-refractivity contribution in [2.24, 2.45) is 0 Å². The van der Waals surface area contributed by atoms with Crippen LogP contribution in [0.4, 0.5) is 11.6 Å². The van der Waals surface area contributed by atoms with Gasteiger partial charge in [0, 0.05) is 16.6 Å². The Morgan fingerprint density at radius 1 is 1.23 bits per heavy atom. The molecule has 2 atom stereocenters. The molecule has 0 amide bonds. The van der Waals surface area contributed by atoms with Crippen LogP contribution in [0.3, 0.4) is 0 Å². The summed E-state index contributed by atoms with van der Waals surface area (Å²) < 4.78 is 7.13. The van der Waals surface area contributed by atoms with E-state index in [1.165, 1.54) is 0 Å². The number of aliphatic hydroxyl groups is 1. The lowest BCUT2D eigenvalue weighted by Crippen LogP contribution is -2.46. The average molecular weight is 496 g/mol. The molecule has 0 radical (unpaired) electrons. The Balaban J connectivity index is 1.35. The lowest BCUT2D eigenvalue weighted by molar-refractivity contribution is 0.0663. The summed E-state index contributed by atoms with van der Waals surface area (Å²) in [5.74, 6) is 0.802. The van der Waals surface area contributed by atoms with E-state index >= 15 is 0 Å². The Hall–Kier alpha value is -2.77. The van der Waals surface area contributed by atoms with Crippen LogP contribution in [-0.4, -0.2) is 68.2 Å². The molecule has 2 aromatic heterocycles. The molecule has 2 aliphatic rings. The second kappa shape index (κ2) is 9.36. The molecule has 1 aromatic carbocycles. The van der Waals surface area contributed by atoms with Crippen molar-refractivity contribution in [3.05, 3.63) is 40.8 Å². The average Bonchev–Trinajstić information content (AvgIpc) is 3.44. The third-order valence-electron chi connectivity index (χ3n) is 7.22. The fourth-order valence-electron chi connectivity index (χ4n) is 5.13. The van der Waals surface area contributed by atoms with Gasteiger partial charge in [0.05, 0.1) is 54.5 Å². The van der Waals surface area contributed by atoms with Gasteiger partial charge in [-0.3, -0.25) is 4.90 Å². The molecular weight excluding hydrogens is 466 g/mol. The van der Waals surface area contributed by atoms with Gasteiger partial charge in [0.1, 0.15) is 5.54 Å². The number of nitriles is 1. The zero-order chi connectivity index (χ0) is 24.7. The first kappa shape index (κ1) is 23.9. The van der Waals surface area contributed by atoms with E-state index in [0.717, 1.165) is 58.8 Å². The first-order valence-corrected chi connectivity index (χ1v) is 12.3. The van der Waals surface area contributed by atoms with Gasteiger partial charge >= 0.3 is 0 Å². The highest BCUT2D eigenvalue weighted by Gasteiger charge is 2.34. The molecule has 3 aromatic rings. The van der Waals surface area contributed by atoms with Gasteiger partial charge in [-0.15, -0.1) is 0 Å². The van der Waals surface area contributed by atoms with Crippen LogP contribution in [-0.2, 0) is 10.3 Å². The number of piperidine rings is 1. The van der Waals surface area contributed by atoms with Crippen LogP contribution in [0.25, 0.3) is 10.9 Å². The fourth-order valence-corrected chi connectivity index (χ4v) is 5.45. The highest BCUT2D eigenvalue weighted by molar-refractivity contribution is 6.32. The number of hydrogen-bond acceptors (Lipinski definition) is 8. The second-order valence-electron chi connectivity index (χ2n) is 9.96. The van der Waals surface area contributed by atoms with Crippen molar-refractivity contribution in [3.63, 3.8) is 0 Å². The number of hydrogen-bond donors (Lipinski definition) is 2. The van der Waals surface area contributed by atoms with Gasteiger partial charge < -0.3 is 15.2 Å². The largest absolute Gasteiger partial charge is 0.389 e. The van der Waals surface area contributed by atoms with Crippen molar-refractivity contribution < 1.29 is 9.84 Å². The first-order valence-electron chi connectivity index (χ1n) is 12.0. The highest BCUT2D eigenvalue weighted by atomic mass is 35.5. The molecule has 2 N–H and O–H groups in total. The van der Waals surface area contributed by atoms with Gasteiger partial charge in [-0.2, -0.15) is 10.4 Å². The minimum Gasteiger partial charge on any atom is -0.389 e. The SMILES string of the molecule is Cc1c(Nc2ncc3cc(Cl)c(C4CCN([C@H]5COC[C@H]5O)CC4)cc3n2)cnn1C(C)(C)C#N. The number of aliphatic hydroxyl groups excluding tert-OH is 1. The molecule has 184 valence electrons. The molecular formula is C25H30ClN7O2. The summed E-state index contributed by atoms with van der Waals surface area (Å²) in [6.07, 6.45) is 4.99. The van der Waals surface area contributed by atoms with Gasteiger partial charge in [0.15, 0.2) is 0 Å². The number of rotatable bonds is 5. The number of anilines is 2. The normalized spacial score (nSPS) is 21.9. The van der Waals surface area contributed by atoms with E-state index in [1.807, 2.05) is 26.8 Å². The first-order chi connectivity index (χ1) is 16.8. The Morgan fingerprint density at radius 2 is 2.00 bits per heavy atom. The van der Waals surface area contributed by atoms with Crippen molar-refractivity contribution in [3.8, 4) is 6.07 Å². The maximum Gasteiger partial charge on any atom is 0.227 e. The summed E-state index contributed by atoms with van der Waals surface area (Å²) in [5.41, 5.74) is 2.77. The quantitative estimate of drug-likeness (QED) is 0.550. The van der Waals surface area contributed by atoms with Crippen LogP contribution in [0.2, 0.25) is 5.02 Å². The van der Waals surface area contributed by atoms with Crippen LogP contribution in [0.15, 0.2) is 24.5 Å². The van der Waals surface area contributed by atoms with Crippen LogP contribution >= 0.6 is 11.6 Å². The summed E-state index contributed by atoms with van der Waals surface area (Å²) >= 11 is 6.69. The molecule has 4 heterocycles. The summed E-state index contributed by atoms with van der Waals surface area (Å²) in [6, 6.07) is 6.38. The number of halogens is 1. The van der Waals surface area contributed by atoms with Crippen molar-refractivity contribution in [2.75, 3.05) is 31.6 Å². The lowest BCUT2D eigenvalue weighted by Gasteiger charge is -2.36. The number of fused-ring (bicyclic) bond motifs is 1. The molecule has 10 heteroatoms. The summed E-state index contributed by atoms with van der Waals surface area (Å²) in [7, 11) is 0. The standard InChI is InChI=1S/C25H30ClN7O2/c1-15-21(11-29-33(15)25(2,3)14-27)31-24-28-10-17-8-19(26)18(9-20(17)30-24)16-4-6-32(7-5-16)22-12-35-13-23(22)34/h8-11,16,22-23,34H,4-7,12-13H2,1-3H3,(H,28,30,31)/t22-,23+/m0/s1. The number of nitrogens with zero attached hydrogens (tertiary/aromatic N) is 6. The maximum absolute atomic E-state index is 10.2. The fraction of sp³-hybridized carbons (Fsp3) is 0.520. The maximum atomic E-state index is 10.2. The van der Waals surface area contributed by atoms with E-state index in [9.17, 15) is 10.4 Å². The molecule has 0 unspecified atom stereocenters. The molecule has 35 heavy (non-hydrogen) atoms. The Bertz CT molecular complexity index is 1280. The second-order valence-corrected chi connectivity index (χ2v) is 10.4.